The largest absolute Gasteiger partial charge is 0.481 e. The number of carboxylic acids is 1. The molecule has 40 heavy (non-hydrogen) atoms. The van der Waals surface area contributed by atoms with Crippen molar-refractivity contribution in [1.29, 1.82) is 5.26 Å². The highest BCUT2D eigenvalue weighted by Gasteiger charge is 2.33. The van der Waals surface area contributed by atoms with Crippen LogP contribution in [0, 0.1) is 18.3 Å². The van der Waals surface area contributed by atoms with Crippen molar-refractivity contribution in [2.45, 2.75) is 104 Å². The first-order chi connectivity index (χ1) is 19.3. The van der Waals surface area contributed by atoms with Crippen molar-refractivity contribution in [1.82, 2.24) is 9.47 Å². The molecule has 0 saturated carbocycles. The summed E-state index contributed by atoms with van der Waals surface area (Å²) in [4.78, 5) is 41.8. The number of nitrogens with zero attached hydrogens (tertiary/aromatic N) is 4. The van der Waals surface area contributed by atoms with E-state index in [2.05, 4.69) is 17.9 Å². The number of unbranched alkanes of at least 4 members (excludes halogenated alkanes) is 8. The van der Waals surface area contributed by atoms with Crippen molar-refractivity contribution in [3.05, 3.63) is 31.9 Å². The summed E-state index contributed by atoms with van der Waals surface area (Å²) in [7, 11) is 0. The number of amides is 1. The molecule has 0 bridgehead atoms. The van der Waals surface area contributed by atoms with E-state index < -0.39 is 5.97 Å². The van der Waals surface area contributed by atoms with E-state index >= 15 is 0 Å². The quantitative estimate of drug-likeness (QED) is 0.138. The Kier molecular flexibility index (Phi) is 12.7. The van der Waals surface area contributed by atoms with E-state index in [0.29, 0.717) is 27.9 Å². The molecule has 0 aromatic carbocycles. The number of pyridine rings is 1. The summed E-state index contributed by atoms with van der Waals surface area (Å²) in [6.07, 6.45) is 13.9. The molecule has 3 rings (SSSR count). The Labute approximate surface area is 247 Å². The minimum absolute atomic E-state index is 0.106. The molecule has 2 aliphatic heterocycles. The molecule has 0 atom stereocenters. The van der Waals surface area contributed by atoms with Gasteiger partial charge in [0.25, 0.3) is 11.5 Å². The zero-order chi connectivity index (χ0) is 29.1. The number of thioether (sulfide) groups is 1. The van der Waals surface area contributed by atoms with Gasteiger partial charge in [0.15, 0.2) is 0 Å². The Balaban J connectivity index is 1.70. The van der Waals surface area contributed by atoms with Crippen LogP contribution in [0.15, 0.2) is 9.70 Å². The van der Waals surface area contributed by atoms with Crippen LogP contribution in [0.1, 0.15) is 107 Å². The van der Waals surface area contributed by atoms with Crippen LogP contribution >= 0.6 is 24.0 Å². The average molecular weight is 587 g/mol. The predicted molar refractivity (Wildman–Crippen MR) is 166 cm³/mol. The molecule has 1 amide bonds. The van der Waals surface area contributed by atoms with Crippen LogP contribution in [-0.4, -0.2) is 50.4 Å². The number of carbonyl (C=O) groups is 2. The second kappa shape index (κ2) is 16.0. The minimum atomic E-state index is -0.726. The molecule has 3 heterocycles. The normalized spacial score (nSPS) is 16.4. The Morgan fingerprint density at radius 3 is 2.25 bits per heavy atom. The van der Waals surface area contributed by atoms with Gasteiger partial charge in [0, 0.05) is 38.2 Å². The van der Waals surface area contributed by atoms with E-state index in [1.54, 1.807) is 9.47 Å². The fourth-order valence-electron chi connectivity index (χ4n) is 5.37. The molecular formula is C30H42N4O4S2. The molecule has 0 radical (unpaired) electrons. The predicted octanol–water partition coefficient (Wildman–Crippen LogP) is 6.23. The highest BCUT2D eigenvalue weighted by atomic mass is 32.2. The Morgan fingerprint density at radius 1 is 1.02 bits per heavy atom. The maximum Gasteiger partial charge on any atom is 0.303 e. The number of aliphatic carboxylic acids is 1. The smallest absolute Gasteiger partial charge is 0.303 e. The number of anilines is 1. The summed E-state index contributed by atoms with van der Waals surface area (Å²) < 4.78 is 2.30. The van der Waals surface area contributed by atoms with Gasteiger partial charge in [-0.25, -0.2) is 0 Å². The molecule has 218 valence electrons. The zero-order valence-electron chi connectivity index (χ0n) is 23.9. The first-order valence-corrected chi connectivity index (χ1v) is 15.9. The van der Waals surface area contributed by atoms with Crippen LogP contribution < -0.4 is 10.5 Å². The number of hydrogen-bond donors (Lipinski definition) is 1. The van der Waals surface area contributed by atoms with E-state index in [9.17, 15) is 19.6 Å². The van der Waals surface area contributed by atoms with Crippen molar-refractivity contribution in [3.8, 4) is 6.07 Å². The van der Waals surface area contributed by atoms with Crippen molar-refractivity contribution in [2.75, 3.05) is 24.5 Å². The molecule has 1 N–H and O–H groups in total. The summed E-state index contributed by atoms with van der Waals surface area (Å²) in [5, 5.41) is 18.5. The van der Waals surface area contributed by atoms with Gasteiger partial charge in [0.1, 0.15) is 21.8 Å². The van der Waals surface area contributed by atoms with Crippen LogP contribution in [0.5, 0.6) is 0 Å². The van der Waals surface area contributed by atoms with Crippen molar-refractivity contribution in [3.63, 3.8) is 0 Å². The van der Waals surface area contributed by atoms with Gasteiger partial charge in [-0.1, -0.05) is 75.8 Å². The molecule has 2 fully saturated rings. The summed E-state index contributed by atoms with van der Waals surface area (Å²) in [5.41, 5.74) is 1.29. The standard InChI is InChI=1S/C30H42N4O4S2/c1-3-4-18-33-27(32-16-13-14-17-32)23(22(2)24(21-31)28(33)37)20-25-29(38)34(30(39)40-25)19-12-10-8-6-5-7-9-11-15-26(35)36/h20H,3-19H2,1-2H3,(H,35,36)/b25-20-. The van der Waals surface area contributed by atoms with E-state index in [-0.39, 0.29) is 23.5 Å². The van der Waals surface area contributed by atoms with Crippen molar-refractivity contribution >= 4 is 52.1 Å². The summed E-state index contributed by atoms with van der Waals surface area (Å²) in [6.45, 7) is 6.71. The molecule has 10 heteroatoms. The van der Waals surface area contributed by atoms with Gasteiger partial charge >= 0.3 is 5.97 Å². The molecule has 0 aliphatic carbocycles. The second-order valence-electron chi connectivity index (χ2n) is 10.7. The van der Waals surface area contributed by atoms with Crippen LogP contribution in [-0.2, 0) is 16.1 Å². The van der Waals surface area contributed by atoms with Gasteiger partial charge in [0.2, 0.25) is 0 Å². The zero-order valence-corrected chi connectivity index (χ0v) is 25.5. The molecular weight excluding hydrogens is 544 g/mol. The molecule has 8 nitrogen and oxygen atoms in total. The van der Waals surface area contributed by atoms with Gasteiger partial charge in [-0.3, -0.25) is 23.9 Å². The summed E-state index contributed by atoms with van der Waals surface area (Å²) in [5.74, 6) is -0.0127. The summed E-state index contributed by atoms with van der Waals surface area (Å²) >= 11 is 6.88. The van der Waals surface area contributed by atoms with Crippen molar-refractivity contribution in [2.24, 2.45) is 0 Å². The first-order valence-electron chi connectivity index (χ1n) is 14.7. The highest BCUT2D eigenvalue weighted by Crippen LogP contribution is 2.36. The van der Waals surface area contributed by atoms with Crippen LogP contribution in [0.25, 0.3) is 6.08 Å². The number of rotatable bonds is 16. The summed E-state index contributed by atoms with van der Waals surface area (Å²) in [6, 6.07) is 2.12. The SMILES string of the molecule is CCCCn1c(N2CCCC2)c(/C=C2\SC(=S)N(CCCCCCCCCCC(=O)O)C2=O)c(C)c(C#N)c1=O. The third kappa shape index (κ3) is 8.20. The highest BCUT2D eigenvalue weighted by molar-refractivity contribution is 8.26. The van der Waals surface area contributed by atoms with Crippen molar-refractivity contribution < 1.29 is 14.7 Å². The molecule has 2 aliphatic rings. The van der Waals surface area contributed by atoms with Gasteiger partial charge in [-0.05, 0) is 50.7 Å². The average Bonchev–Trinajstić information content (AvgIpc) is 3.54. The molecule has 0 unspecified atom stereocenters. The Hall–Kier alpha value is -2.64. The van der Waals surface area contributed by atoms with Gasteiger partial charge in [-0.15, -0.1) is 0 Å². The lowest BCUT2D eigenvalue weighted by Crippen LogP contribution is -2.33. The molecule has 1 aromatic rings. The number of aromatic nitrogens is 1. The minimum Gasteiger partial charge on any atom is -0.481 e. The Morgan fingerprint density at radius 2 is 1.65 bits per heavy atom. The fourth-order valence-corrected chi connectivity index (χ4v) is 6.66. The monoisotopic (exact) mass is 586 g/mol. The third-order valence-electron chi connectivity index (χ3n) is 7.66. The van der Waals surface area contributed by atoms with E-state index in [4.69, 9.17) is 17.3 Å². The maximum atomic E-state index is 13.4. The third-order valence-corrected chi connectivity index (χ3v) is 9.04. The lowest BCUT2D eigenvalue weighted by Gasteiger charge is -2.27. The number of hydrogen-bond acceptors (Lipinski definition) is 7. The number of carboxylic acid groups (broad SMARTS) is 1. The first kappa shape index (κ1) is 31.9. The van der Waals surface area contributed by atoms with Crippen LogP contribution in [0.3, 0.4) is 0 Å². The van der Waals surface area contributed by atoms with E-state index in [1.807, 2.05) is 13.0 Å². The maximum absolute atomic E-state index is 13.4. The van der Waals surface area contributed by atoms with Gasteiger partial charge in [-0.2, -0.15) is 5.26 Å². The molecule has 1 aromatic heterocycles. The lowest BCUT2D eigenvalue weighted by molar-refractivity contribution is -0.137. The molecule has 2 saturated heterocycles. The molecule has 0 spiro atoms. The van der Waals surface area contributed by atoms with E-state index in [0.717, 1.165) is 102 Å². The Bertz CT molecular complexity index is 1210. The van der Waals surface area contributed by atoms with Gasteiger partial charge in [0.05, 0.1) is 4.91 Å². The van der Waals surface area contributed by atoms with Gasteiger partial charge < -0.3 is 10.0 Å². The number of nitriles is 1. The fraction of sp³-hybridized carbons (Fsp3) is 0.633. The van der Waals surface area contributed by atoms with Crippen LogP contribution in [0.2, 0.25) is 0 Å². The number of thiocarbonyl (C=S) groups is 1. The van der Waals surface area contributed by atoms with E-state index in [1.165, 1.54) is 11.8 Å². The topological polar surface area (TPSA) is 107 Å². The second-order valence-corrected chi connectivity index (χ2v) is 12.3. The number of carbonyl (C=O) groups excluding carboxylic acids is 1. The van der Waals surface area contributed by atoms with Crippen LogP contribution in [0.4, 0.5) is 5.82 Å². The lowest BCUT2D eigenvalue weighted by atomic mass is 10.0.